The minimum absolute atomic E-state index is 0.0328. The maximum absolute atomic E-state index is 13.2. The van der Waals surface area contributed by atoms with Gasteiger partial charge in [-0.05, 0) is 70.6 Å². The second-order valence-corrected chi connectivity index (χ2v) is 18.8. The summed E-state index contributed by atoms with van der Waals surface area (Å²) in [5.74, 6) is -0.545. The van der Waals surface area contributed by atoms with Crippen molar-refractivity contribution in [1.29, 1.82) is 0 Å². The Morgan fingerprint density at radius 3 is 1.26 bits per heavy atom. The molecule has 6 heteroatoms. The van der Waals surface area contributed by atoms with Crippen molar-refractivity contribution in [3.63, 3.8) is 0 Å². The Bertz CT molecular complexity index is 1200. The largest absolute Gasteiger partial charge is 0.462 e. The van der Waals surface area contributed by atoms with E-state index in [-0.39, 0.29) is 24.9 Å². The van der Waals surface area contributed by atoms with Gasteiger partial charge >= 0.3 is 5.97 Å². The average Bonchev–Trinajstić information content (AvgIpc) is 3.30. The number of aliphatic hydroxyl groups is 2. The van der Waals surface area contributed by atoms with Gasteiger partial charge in [0.1, 0.15) is 6.10 Å². The first-order valence-corrected chi connectivity index (χ1v) is 27.7. The molecule has 0 spiro atoms. The third-order valence-electron chi connectivity index (χ3n) is 12.4. The van der Waals surface area contributed by atoms with Crippen LogP contribution in [-0.4, -0.2) is 46.9 Å². The Morgan fingerprint density at radius 1 is 0.446 bits per heavy atom. The zero-order chi connectivity index (χ0) is 47.4. The van der Waals surface area contributed by atoms with Crippen LogP contribution in [0.15, 0.2) is 72.9 Å². The van der Waals surface area contributed by atoms with E-state index >= 15 is 0 Å². The van der Waals surface area contributed by atoms with E-state index in [9.17, 15) is 19.8 Å². The van der Waals surface area contributed by atoms with E-state index in [1.165, 1.54) is 135 Å². The molecule has 0 aromatic carbocycles. The van der Waals surface area contributed by atoms with Crippen LogP contribution in [0.25, 0.3) is 0 Å². The van der Waals surface area contributed by atoms with E-state index in [0.29, 0.717) is 19.3 Å². The lowest BCUT2D eigenvalue weighted by Crippen LogP contribution is -2.46. The molecule has 0 fully saturated rings. The summed E-state index contributed by atoms with van der Waals surface area (Å²) in [6.45, 7) is 6.43. The van der Waals surface area contributed by atoms with E-state index in [1.807, 2.05) is 0 Å². The fourth-order valence-electron chi connectivity index (χ4n) is 8.15. The highest BCUT2D eigenvalue weighted by molar-refractivity contribution is 5.77. The fraction of sp³-hybridized carbons (Fsp3) is 0.763. The number of carbonyl (C=O) groups is 2. The van der Waals surface area contributed by atoms with Crippen molar-refractivity contribution in [2.75, 3.05) is 6.61 Å². The molecule has 0 aliphatic carbocycles. The number of unbranched alkanes of at least 4 members (excludes halogenated alkanes) is 29. The lowest BCUT2D eigenvalue weighted by Gasteiger charge is -2.24. The number of amides is 1. The van der Waals surface area contributed by atoms with Crippen molar-refractivity contribution in [1.82, 2.24) is 5.32 Å². The number of rotatable bonds is 49. The molecule has 0 aliphatic heterocycles. The summed E-state index contributed by atoms with van der Waals surface area (Å²) in [6, 6.07) is -0.724. The van der Waals surface area contributed by atoms with E-state index in [2.05, 4.69) is 99.0 Å². The van der Waals surface area contributed by atoms with Crippen molar-refractivity contribution in [2.24, 2.45) is 0 Å². The molecule has 0 aromatic rings. The molecule has 3 atom stereocenters. The summed E-state index contributed by atoms with van der Waals surface area (Å²) in [6.07, 6.45) is 66.7. The summed E-state index contributed by atoms with van der Waals surface area (Å²) in [5.41, 5.74) is 0. The molecule has 0 aromatic heterocycles. The smallest absolute Gasteiger partial charge is 0.306 e. The molecule has 0 radical (unpaired) electrons. The molecule has 3 unspecified atom stereocenters. The quantitative estimate of drug-likeness (QED) is 0.0321. The van der Waals surface area contributed by atoms with Gasteiger partial charge < -0.3 is 20.3 Å². The predicted molar refractivity (Wildman–Crippen MR) is 282 cm³/mol. The normalized spacial score (nSPS) is 13.7. The minimum Gasteiger partial charge on any atom is -0.462 e. The standard InChI is InChI=1S/C59H105NO5/c1-4-7-10-13-16-19-22-25-28-29-30-31-34-37-40-43-46-49-52-59(64)65-55(50-47-44-41-38-35-32-26-23-20-17-14-11-8-5-2)53-58(63)60-56(54-61)57(62)51-48-45-42-39-36-33-27-24-21-18-15-12-9-6-3/h16,19,22,25,28-32,35,38,41,55-57,61-62H,4-15,17-18,20-21,23-24,26-27,33-34,36-37,39-40,42-54H2,1-3H3,(H,60,63)/b19-16+,25-22+,29-28+,31-30+,35-32+,41-38+. The van der Waals surface area contributed by atoms with Gasteiger partial charge in [-0.15, -0.1) is 0 Å². The molecular weight excluding hydrogens is 803 g/mol. The lowest BCUT2D eigenvalue weighted by atomic mass is 10.0. The first kappa shape index (κ1) is 62.3. The average molecular weight is 908 g/mol. The number of hydrogen-bond acceptors (Lipinski definition) is 5. The number of carbonyl (C=O) groups excluding carboxylic acids is 2. The summed E-state index contributed by atoms with van der Waals surface area (Å²) in [4.78, 5) is 26.2. The van der Waals surface area contributed by atoms with Crippen LogP contribution in [-0.2, 0) is 14.3 Å². The number of ether oxygens (including phenoxy) is 1. The van der Waals surface area contributed by atoms with Crippen LogP contribution in [0.1, 0.15) is 265 Å². The van der Waals surface area contributed by atoms with Crippen molar-refractivity contribution < 1.29 is 24.5 Å². The second kappa shape index (κ2) is 52.3. The molecule has 0 heterocycles. The van der Waals surface area contributed by atoms with Crippen molar-refractivity contribution in [3.8, 4) is 0 Å². The SMILES string of the molecule is CCCCC/C=C/C=C/C=C/C=C/CCCCCCCC(=O)OC(CCC/C=C/C=C/CCCCCCCCC)CC(=O)NC(CO)C(O)CCCCCCCCCCCCCCCC. The Kier molecular flexibility index (Phi) is 50.1. The third-order valence-corrected chi connectivity index (χ3v) is 12.4. The molecule has 376 valence electrons. The van der Waals surface area contributed by atoms with Crippen LogP contribution in [0, 0.1) is 0 Å². The number of aliphatic hydroxyl groups excluding tert-OH is 2. The van der Waals surface area contributed by atoms with E-state index < -0.39 is 18.2 Å². The zero-order valence-corrected chi connectivity index (χ0v) is 42.9. The van der Waals surface area contributed by atoms with Gasteiger partial charge in [0.2, 0.25) is 5.91 Å². The summed E-state index contributed by atoms with van der Waals surface area (Å²) in [5, 5.41) is 23.8. The van der Waals surface area contributed by atoms with Crippen LogP contribution >= 0.6 is 0 Å². The van der Waals surface area contributed by atoms with Crippen molar-refractivity contribution in [2.45, 2.75) is 283 Å². The zero-order valence-electron chi connectivity index (χ0n) is 42.9. The van der Waals surface area contributed by atoms with Gasteiger partial charge in [-0.3, -0.25) is 9.59 Å². The molecule has 3 N–H and O–H groups in total. The van der Waals surface area contributed by atoms with Crippen molar-refractivity contribution >= 4 is 11.9 Å². The number of nitrogens with one attached hydrogen (secondary N) is 1. The Hall–Kier alpha value is -2.70. The molecule has 0 aliphatic rings. The van der Waals surface area contributed by atoms with Crippen LogP contribution in [0.2, 0.25) is 0 Å². The molecular formula is C59H105NO5. The summed E-state index contributed by atoms with van der Waals surface area (Å²) < 4.78 is 5.91. The highest BCUT2D eigenvalue weighted by Gasteiger charge is 2.24. The first-order chi connectivity index (χ1) is 32.0. The number of hydrogen-bond donors (Lipinski definition) is 3. The topological polar surface area (TPSA) is 95.9 Å². The maximum Gasteiger partial charge on any atom is 0.306 e. The highest BCUT2D eigenvalue weighted by atomic mass is 16.5. The van der Waals surface area contributed by atoms with Crippen LogP contribution < -0.4 is 5.32 Å². The highest BCUT2D eigenvalue weighted by Crippen LogP contribution is 2.17. The van der Waals surface area contributed by atoms with Crippen LogP contribution in [0.3, 0.4) is 0 Å². The fourth-order valence-corrected chi connectivity index (χ4v) is 8.15. The van der Waals surface area contributed by atoms with Crippen molar-refractivity contribution in [3.05, 3.63) is 72.9 Å². The molecule has 0 saturated carbocycles. The lowest BCUT2D eigenvalue weighted by molar-refractivity contribution is -0.151. The van der Waals surface area contributed by atoms with Gasteiger partial charge in [0, 0.05) is 6.42 Å². The summed E-state index contributed by atoms with van der Waals surface area (Å²) >= 11 is 0. The van der Waals surface area contributed by atoms with Gasteiger partial charge in [-0.1, -0.05) is 254 Å². The molecule has 6 nitrogen and oxygen atoms in total. The van der Waals surface area contributed by atoms with E-state index in [4.69, 9.17) is 4.74 Å². The van der Waals surface area contributed by atoms with Gasteiger partial charge in [0.15, 0.2) is 0 Å². The van der Waals surface area contributed by atoms with Gasteiger partial charge in [0.25, 0.3) is 0 Å². The predicted octanol–water partition coefficient (Wildman–Crippen LogP) is 17.0. The minimum atomic E-state index is -0.807. The van der Waals surface area contributed by atoms with E-state index in [0.717, 1.165) is 83.5 Å². The Balaban J connectivity index is 4.67. The molecule has 0 bridgehead atoms. The van der Waals surface area contributed by atoms with Crippen LogP contribution in [0.5, 0.6) is 0 Å². The second-order valence-electron chi connectivity index (χ2n) is 18.8. The van der Waals surface area contributed by atoms with Crippen LogP contribution in [0.4, 0.5) is 0 Å². The molecule has 0 rings (SSSR count). The molecule has 1 amide bonds. The van der Waals surface area contributed by atoms with E-state index in [1.54, 1.807) is 0 Å². The first-order valence-electron chi connectivity index (χ1n) is 27.7. The molecule has 65 heavy (non-hydrogen) atoms. The maximum atomic E-state index is 13.2. The Morgan fingerprint density at radius 2 is 0.800 bits per heavy atom. The van der Waals surface area contributed by atoms with Gasteiger partial charge in [-0.25, -0.2) is 0 Å². The Labute approximate surface area is 402 Å². The van der Waals surface area contributed by atoms with Gasteiger partial charge in [-0.2, -0.15) is 0 Å². The summed E-state index contributed by atoms with van der Waals surface area (Å²) in [7, 11) is 0. The molecule has 0 saturated heterocycles. The number of allylic oxidation sites excluding steroid dienone is 12. The number of esters is 1. The third kappa shape index (κ3) is 47.6. The van der Waals surface area contributed by atoms with Gasteiger partial charge in [0.05, 0.1) is 25.2 Å². The monoisotopic (exact) mass is 908 g/mol.